The number of hydrogen-bond acceptors (Lipinski definition) is 3. The lowest BCUT2D eigenvalue weighted by Gasteiger charge is -2.22. The molecule has 4 heteroatoms. The second-order valence-corrected chi connectivity index (χ2v) is 5.30. The molecule has 1 saturated carbocycles. The third-order valence-corrected chi connectivity index (χ3v) is 3.71. The average Bonchev–Trinajstić information content (AvgIpc) is 3.19. The third-order valence-electron chi connectivity index (χ3n) is 3.37. The van der Waals surface area contributed by atoms with E-state index in [2.05, 4.69) is 35.1 Å². The van der Waals surface area contributed by atoms with Gasteiger partial charge in [0.15, 0.2) is 0 Å². The Hall–Kier alpha value is -0.800. The van der Waals surface area contributed by atoms with Crippen LogP contribution in [0.15, 0.2) is 12.3 Å². The van der Waals surface area contributed by atoms with E-state index in [9.17, 15) is 0 Å². The van der Waals surface area contributed by atoms with Gasteiger partial charge in [0.1, 0.15) is 5.82 Å². The molecular weight excluding hydrogens is 246 g/mol. The standard InChI is InChI=1S/C14H22ClN3/c1-3-16-8-12-7-14(17-9-13(12)15)18(4-2)10-11-5-6-11/h7,9,11,16H,3-6,8,10H2,1-2H3. The maximum absolute atomic E-state index is 6.18. The van der Waals surface area contributed by atoms with Crippen molar-refractivity contribution < 1.29 is 0 Å². The average molecular weight is 268 g/mol. The van der Waals surface area contributed by atoms with Crippen molar-refractivity contribution in [3.8, 4) is 0 Å². The van der Waals surface area contributed by atoms with E-state index >= 15 is 0 Å². The van der Waals surface area contributed by atoms with Gasteiger partial charge in [-0.15, -0.1) is 0 Å². The van der Waals surface area contributed by atoms with Crippen LogP contribution in [0.3, 0.4) is 0 Å². The first-order valence-corrected chi connectivity index (χ1v) is 7.22. The van der Waals surface area contributed by atoms with Crippen molar-refractivity contribution in [1.82, 2.24) is 10.3 Å². The van der Waals surface area contributed by atoms with E-state index in [-0.39, 0.29) is 0 Å². The van der Waals surface area contributed by atoms with Crippen LogP contribution in [0.1, 0.15) is 32.3 Å². The number of rotatable bonds is 7. The maximum atomic E-state index is 6.18. The minimum Gasteiger partial charge on any atom is -0.357 e. The van der Waals surface area contributed by atoms with Gasteiger partial charge in [-0.1, -0.05) is 18.5 Å². The number of pyridine rings is 1. The van der Waals surface area contributed by atoms with Gasteiger partial charge in [-0.2, -0.15) is 0 Å². The summed E-state index contributed by atoms with van der Waals surface area (Å²) < 4.78 is 0. The molecule has 0 aliphatic heterocycles. The van der Waals surface area contributed by atoms with Gasteiger partial charge in [0.25, 0.3) is 0 Å². The van der Waals surface area contributed by atoms with Crippen LogP contribution in [-0.2, 0) is 6.54 Å². The van der Waals surface area contributed by atoms with Gasteiger partial charge >= 0.3 is 0 Å². The van der Waals surface area contributed by atoms with Crippen molar-refractivity contribution in [1.29, 1.82) is 0 Å². The molecule has 0 unspecified atom stereocenters. The Morgan fingerprint density at radius 2 is 2.22 bits per heavy atom. The minimum absolute atomic E-state index is 0.752. The van der Waals surface area contributed by atoms with Crippen LogP contribution in [0, 0.1) is 5.92 Å². The smallest absolute Gasteiger partial charge is 0.128 e. The lowest BCUT2D eigenvalue weighted by atomic mass is 10.2. The van der Waals surface area contributed by atoms with E-state index < -0.39 is 0 Å². The van der Waals surface area contributed by atoms with Crippen LogP contribution >= 0.6 is 11.6 Å². The van der Waals surface area contributed by atoms with Crippen molar-refractivity contribution in [3.05, 3.63) is 22.8 Å². The molecule has 2 rings (SSSR count). The first-order chi connectivity index (χ1) is 8.74. The van der Waals surface area contributed by atoms with Crippen LogP contribution in [-0.4, -0.2) is 24.6 Å². The number of aromatic nitrogens is 1. The highest BCUT2D eigenvalue weighted by atomic mass is 35.5. The predicted octanol–water partition coefficient (Wildman–Crippen LogP) is 3.08. The first-order valence-electron chi connectivity index (χ1n) is 6.84. The van der Waals surface area contributed by atoms with Gasteiger partial charge in [0, 0.05) is 25.8 Å². The monoisotopic (exact) mass is 267 g/mol. The maximum Gasteiger partial charge on any atom is 0.128 e. The van der Waals surface area contributed by atoms with E-state index in [0.717, 1.165) is 48.5 Å². The van der Waals surface area contributed by atoms with E-state index in [0.29, 0.717) is 0 Å². The van der Waals surface area contributed by atoms with E-state index in [1.165, 1.54) is 12.8 Å². The van der Waals surface area contributed by atoms with Crippen molar-refractivity contribution in [2.45, 2.75) is 33.2 Å². The Morgan fingerprint density at radius 1 is 1.44 bits per heavy atom. The van der Waals surface area contributed by atoms with Gasteiger partial charge in [0.05, 0.1) is 5.02 Å². The second kappa shape index (κ2) is 6.39. The van der Waals surface area contributed by atoms with Crippen molar-refractivity contribution in [2.75, 3.05) is 24.5 Å². The summed E-state index contributed by atoms with van der Waals surface area (Å²) in [6, 6.07) is 2.12. The lowest BCUT2D eigenvalue weighted by Crippen LogP contribution is -2.26. The molecule has 1 fully saturated rings. The zero-order valence-corrected chi connectivity index (χ0v) is 12.0. The van der Waals surface area contributed by atoms with Crippen LogP contribution in [0.25, 0.3) is 0 Å². The molecule has 100 valence electrons. The molecule has 1 heterocycles. The van der Waals surface area contributed by atoms with Gasteiger partial charge in [-0.05, 0) is 43.9 Å². The molecule has 0 amide bonds. The SMILES string of the molecule is CCNCc1cc(N(CC)CC2CC2)ncc1Cl. The summed E-state index contributed by atoms with van der Waals surface area (Å²) in [4.78, 5) is 6.82. The molecule has 1 aliphatic carbocycles. The number of anilines is 1. The van der Waals surface area contributed by atoms with Gasteiger partial charge < -0.3 is 10.2 Å². The van der Waals surface area contributed by atoms with Gasteiger partial charge in [-0.3, -0.25) is 0 Å². The Balaban J connectivity index is 2.10. The molecule has 0 atom stereocenters. The van der Waals surface area contributed by atoms with E-state index in [4.69, 9.17) is 11.6 Å². The molecule has 0 aromatic carbocycles. The number of nitrogens with zero attached hydrogens (tertiary/aromatic N) is 2. The fourth-order valence-electron chi connectivity index (χ4n) is 2.03. The highest BCUT2D eigenvalue weighted by molar-refractivity contribution is 6.31. The molecule has 0 bridgehead atoms. The molecule has 0 spiro atoms. The summed E-state index contributed by atoms with van der Waals surface area (Å²) in [5.74, 6) is 1.93. The highest BCUT2D eigenvalue weighted by Gasteiger charge is 2.24. The molecule has 1 aromatic heterocycles. The summed E-state index contributed by atoms with van der Waals surface area (Å²) in [5.41, 5.74) is 1.14. The number of hydrogen-bond donors (Lipinski definition) is 1. The molecule has 1 aliphatic rings. The zero-order chi connectivity index (χ0) is 13.0. The molecule has 1 aromatic rings. The minimum atomic E-state index is 0.752. The number of halogens is 1. The van der Waals surface area contributed by atoms with Crippen molar-refractivity contribution in [2.24, 2.45) is 5.92 Å². The number of nitrogens with one attached hydrogen (secondary N) is 1. The quantitative estimate of drug-likeness (QED) is 0.823. The summed E-state index contributed by atoms with van der Waals surface area (Å²) in [6.07, 6.45) is 4.52. The Bertz CT molecular complexity index is 391. The highest BCUT2D eigenvalue weighted by Crippen LogP contribution is 2.31. The first kappa shape index (κ1) is 13.6. The second-order valence-electron chi connectivity index (χ2n) is 4.90. The normalized spacial score (nSPS) is 14.8. The Kier molecular flexibility index (Phi) is 4.84. The fraction of sp³-hybridized carbons (Fsp3) is 0.643. The van der Waals surface area contributed by atoms with Crippen molar-refractivity contribution >= 4 is 17.4 Å². The van der Waals surface area contributed by atoms with Gasteiger partial charge in [0.2, 0.25) is 0 Å². The predicted molar refractivity (Wildman–Crippen MR) is 77.2 cm³/mol. The molecular formula is C14H22ClN3. The summed E-state index contributed by atoms with van der Waals surface area (Å²) in [6.45, 7) is 8.18. The van der Waals surface area contributed by atoms with Crippen LogP contribution in [0.5, 0.6) is 0 Å². The Labute approximate surface area is 115 Å². The third kappa shape index (κ3) is 3.59. The molecule has 1 N–H and O–H groups in total. The van der Waals surface area contributed by atoms with Crippen LogP contribution in [0.4, 0.5) is 5.82 Å². The fourth-order valence-corrected chi connectivity index (χ4v) is 2.20. The largest absolute Gasteiger partial charge is 0.357 e. The van der Waals surface area contributed by atoms with E-state index in [1.54, 1.807) is 6.20 Å². The summed E-state index contributed by atoms with van der Waals surface area (Å²) >= 11 is 6.18. The van der Waals surface area contributed by atoms with Crippen LogP contribution < -0.4 is 10.2 Å². The summed E-state index contributed by atoms with van der Waals surface area (Å²) in [7, 11) is 0. The van der Waals surface area contributed by atoms with E-state index in [1.807, 2.05) is 0 Å². The summed E-state index contributed by atoms with van der Waals surface area (Å²) in [5, 5.41) is 4.06. The lowest BCUT2D eigenvalue weighted by molar-refractivity contribution is 0.715. The topological polar surface area (TPSA) is 28.2 Å². The van der Waals surface area contributed by atoms with Crippen LogP contribution in [0.2, 0.25) is 5.02 Å². The molecule has 0 saturated heterocycles. The molecule has 3 nitrogen and oxygen atoms in total. The van der Waals surface area contributed by atoms with Gasteiger partial charge in [-0.25, -0.2) is 4.98 Å². The Morgan fingerprint density at radius 3 is 2.83 bits per heavy atom. The van der Waals surface area contributed by atoms with Crippen molar-refractivity contribution in [3.63, 3.8) is 0 Å². The zero-order valence-electron chi connectivity index (χ0n) is 11.2. The molecule has 0 radical (unpaired) electrons. The molecule has 18 heavy (non-hydrogen) atoms.